The first kappa shape index (κ1) is 20.9. The van der Waals surface area contributed by atoms with Gasteiger partial charge in [0.1, 0.15) is 0 Å². The van der Waals surface area contributed by atoms with E-state index >= 15 is 0 Å². The van der Waals surface area contributed by atoms with Crippen LogP contribution in [-0.4, -0.2) is 22.2 Å². The van der Waals surface area contributed by atoms with Crippen LogP contribution in [0.5, 0.6) is 0 Å². The standard InChI is InChI=1S/C10H18O4.2ClH/c11-9(12)7-5-3-1-2-4-6-8-10(13)14;;/h1-8H2,(H,11,12)(H,13,14);2*1H/p-2. The molecule has 6 heteroatoms. The van der Waals surface area contributed by atoms with E-state index in [1.54, 1.807) is 0 Å². The van der Waals surface area contributed by atoms with Gasteiger partial charge in [0.15, 0.2) is 0 Å². The second kappa shape index (κ2) is 14.5. The number of carboxylic acids is 2. The summed E-state index contributed by atoms with van der Waals surface area (Å²) >= 11 is 0. The molecule has 0 amide bonds. The number of rotatable bonds is 9. The highest BCUT2D eigenvalue weighted by atomic mass is 35.5. The third-order valence-electron chi connectivity index (χ3n) is 2.03. The van der Waals surface area contributed by atoms with E-state index in [1.165, 1.54) is 0 Å². The van der Waals surface area contributed by atoms with E-state index in [0.717, 1.165) is 38.5 Å². The summed E-state index contributed by atoms with van der Waals surface area (Å²) in [6, 6.07) is 0. The molecule has 0 aliphatic carbocycles. The lowest BCUT2D eigenvalue weighted by molar-refractivity contribution is -0.138. The van der Waals surface area contributed by atoms with E-state index in [0.29, 0.717) is 0 Å². The third kappa shape index (κ3) is 19.1. The monoisotopic (exact) mass is 272 g/mol. The molecule has 0 aromatic carbocycles. The molecule has 0 fully saturated rings. The summed E-state index contributed by atoms with van der Waals surface area (Å²) in [5.74, 6) is -1.48. The minimum Gasteiger partial charge on any atom is -1.00 e. The van der Waals surface area contributed by atoms with Gasteiger partial charge in [0, 0.05) is 12.8 Å². The van der Waals surface area contributed by atoms with Gasteiger partial charge in [0.05, 0.1) is 0 Å². The van der Waals surface area contributed by atoms with Gasteiger partial charge >= 0.3 is 11.9 Å². The van der Waals surface area contributed by atoms with E-state index in [9.17, 15) is 9.59 Å². The molecule has 0 aliphatic rings. The molecule has 0 rings (SSSR count). The zero-order valence-corrected chi connectivity index (χ0v) is 10.6. The second-order valence-electron chi connectivity index (χ2n) is 3.41. The Hall–Kier alpha value is -0.480. The highest BCUT2D eigenvalue weighted by Crippen LogP contribution is 2.08. The molecule has 0 atom stereocenters. The van der Waals surface area contributed by atoms with Crippen molar-refractivity contribution in [3.8, 4) is 0 Å². The number of hydrogen-bond acceptors (Lipinski definition) is 2. The largest absolute Gasteiger partial charge is 1.00 e. The van der Waals surface area contributed by atoms with Crippen molar-refractivity contribution in [3.05, 3.63) is 0 Å². The average Bonchev–Trinajstić information content (AvgIpc) is 2.08. The maximum Gasteiger partial charge on any atom is 0.303 e. The number of halogens is 2. The van der Waals surface area contributed by atoms with Crippen LogP contribution in [0.1, 0.15) is 51.4 Å². The average molecular weight is 273 g/mol. The van der Waals surface area contributed by atoms with Gasteiger partial charge in [0.2, 0.25) is 0 Å². The van der Waals surface area contributed by atoms with Crippen LogP contribution in [-0.2, 0) is 9.59 Å². The van der Waals surface area contributed by atoms with Crippen LogP contribution in [0.4, 0.5) is 0 Å². The van der Waals surface area contributed by atoms with E-state index in [1.807, 2.05) is 0 Å². The Kier molecular flexibility index (Phi) is 18.9. The predicted molar refractivity (Wildman–Crippen MR) is 52.2 cm³/mol. The van der Waals surface area contributed by atoms with Crippen molar-refractivity contribution in [2.75, 3.05) is 0 Å². The minimum atomic E-state index is -0.740. The Balaban J connectivity index is -0.000000845. The topological polar surface area (TPSA) is 74.6 Å². The van der Waals surface area contributed by atoms with Crippen LogP contribution in [0.3, 0.4) is 0 Å². The van der Waals surface area contributed by atoms with Gasteiger partial charge in [-0.25, -0.2) is 0 Å². The number of carboxylic acid groups (broad SMARTS) is 2. The van der Waals surface area contributed by atoms with Crippen molar-refractivity contribution in [2.45, 2.75) is 51.4 Å². The molecular weight excluding hydrogens is 255 g/mol. The van der Waals surface area contributed by atoms with Gasteiger partial charge in [-0.2, -0.15) is 0 Å². The summed E-state index contributed by atoms with van der Waals surface area (Å²) in [4.78, 5) is 20.3. The first-order chi connectivity index (χ1) is 6.63. The summed E-state index contributed by atoms with van der Waals surface area (Å²) in [5, 5.41) is 16.7. The summed E-state index contributed by atoms with van der Waals surface area (Å²) in [5.41, 5.74) is 0. The quantitative estimate of drug-likeness (QED) is 0.424. The molecule has 0 aromatic heterocycles. The van der Waals surface area contributed by atoms with Gasteiger partial charge in [-0.3, -0.25) is 9.59 Å². The lowest BCUT2D eigenvalue weighted by Crippen LogP contribution is -3.00. The highest BCUT2D eigenvalue weighted by molar-refractivity contribution is 5.66. The number of carbonyl (C=O) groups is 2. The SMILES string of the molecule is O=C(O)CCCCCCCCC(=O)O.[Cl-].[Cl-]. The van der Waals surface area contributed by atoms with Crippen LogP contribution >= 0.6 is 0 Å². The first-order valence-electron chi connectivity index (χ1n) is 5.06. The fourth-order valence-corrected chi connectivity index (χ4v) is 1.26. The summed E-state index contributed by atoms with van der Waals surface area (Å²) in [7, 11) is 0. The Bertz CT molecular complexity index is 166. The molecule has 16 heavy (non-hydrogen) atoms. The van der Waals surface area contributed by atoms with Crippen LogP contribution in [0.15, 0.2) is 0 Å². The second-order valence-corrected chi connectivity index (χ2v) is 3.41. The smallest absolute Gasteiger partial charge is 0.303 e. The number of aliphatic carboxylic acids is 2. The fraction of sp³-hybridized carbons (Fsp3) is 0.800. The maximum atomic E-state index is 10.1. The normalized spacial score (nSPS) is 8.75. The highest BCUT2D eigenvalue weighted by Gasteiger charge is 1.98. The van der Waals surface area contributed by atoms with Crippen molar-refractivity contribution in [2.24, 2.45) is 0 Å². The molecule has 0 bridgehead atoms. The fourth-order valence-electron chi connectivity index (χ4n) is 1.26. The van der Waals surface area contributed by atoms with E-state index < -0.39 is 11.9 Å². The summed E-state index contributed by atoms with van der Waals surface area (Å²) in [6.07, 6.45) is 5.82. The van der Waals surface area contributed by atoms with Gasteiger partial charge in [-0.1, -0.05) is 25.7 Å². The van der Waals surface area contributed by atoms with E-state index in [-0.39, 0.29) is 37.7 Å². The van der Waals surface area contributed by atoms with Crippen molar-refractivity contribution >= 4 is 11.9 Å². The van der Waals surface area contributed by atoms with Gasteiger partial charge < -0.3 is 35.0 Å². The molecule has 4 nitrogen and oxygen atoms in total. The Morgan fingerprint density at radius 3 is 1.12 bits per heavy atom. The molecule has 0 saturated heterocycles. The summed E-state index contributed by atoms with van der Waals surface area (Å²) in [6.45, 7) is 0. The van der Waals surface area contributed by atoms with Crippen LogP contribution < -0.4 is 24.8 Å². The van der Waals surface area contributed by atoms with Crippen molar-refractivity contribution in [1.82, 2.24) is 0 Å². The molecule has 0 unspecified atom stereocenters. The van der Waals surface area contributed by atoms with Crippen LogP contribution in [0, 0.1) is 0 Å². The molecule has 0 saturated carbocycles. The predicted octanol–water partition coefficient (Wildman–Crippen LogP) is -3.72. The van der Waals surface area contributed by atoms with E-state index in [4.69, 9.17) is 10.2 Å². The van der Waals surface area contributed by atoms with Gasteiger partial charge in [-0.05, 0) is 12.8 Å². The third-order valence-corrected chi connectivity index (χ3v) is 2.03. The molecule has 0 radical (unpaired) electrons. The molecule has 0 heterocycles. The first-order valence-corrected chi connectivity index (χ1v) is 5.06. The van der Waals surface area contributed by atoms with Crippen LogP contribution in [0.2, 0.25) is 0 Å². The van der Waals surface area contributed by atoms with E-state index in [2.05, 4.69) is 0 Å². The van der Waals surface area contributed by atoms with Gasteiger partial charge in [-0.15, -0.1) is 0 Å². The lowest BCUT2D eigenvalue weighted by Gasteiger charge is -1.98. The number of hydrogen-bond donors (Lipinski definition) is 2. The minimum absolute atomic E-state index is 0. The molecule has 0 aliphatic heterocycles. The summed E-state index contributed by atoms with van der Waals surface area (Å²) < 4.78 is 0. The van der Waals surface area contributed by atoms with Crippen molar-refractivity contribution in [3.63, 3.8) is 0 Å². The molecule has 0 aromatic rings. The lowest BCUT2D eigenvalue weighted by atomic mass is 10.1. The molecular formula is C10H18Cl2O4-2. The molecule has 98 valence electrons. The number of unbranched alkanes of at least 4 members (excludes halogenated alkanes) is 5. The van der Waals surface area contributed by atoms with Crippen molar-refractivity contribution in [1.29, 1.82) is 0 Å². The Labute approximate surface area is 108 Å². The zero-order valence-electron chi connectivity index (χ0n) is 9.12. The Morgan fingerprint density at radius 1 is 0.625 bits per heavy atom. The Morgan fingerprint density at radius 2 is 0.875 bits per heavy atom. The van der Waals surface area contributed by atoms with Crippen molar-refractivity contribution < 1.29 is 44.6 Å². The molecule has 2 N–H and O–H groups in total. The maximum absolute atomic E-state index is 10.1. The van der Waals surface area contributed by atoms with Gasteiger partial charge in [0.25, 0.3) is 0 Å². The van der Waals surface area contributed by atoms with Crippen LogP contribution in [0.25, 0.3) is 0 Å². The zero-order chi connectivity index (χ0) is 10.8. The molecule has 0 spiro atoms.